The van der Waals surface area contributed by atoms with E-state index < -0.39 is 22.0 Å². The second-order valence-electron chi connectivity index (χ2n) is 5.59. The highest BCUT2D eigenvalue weighted by Crippen LogP contribution is 2.18. The zero-order valence-electron chi connectivity index (χ0n) is 14.9. The van der Waals surface area contributed by atoms with Crippen molar-refractivity contribution in [3.63, 3.8) is 0 Å². The number of sulfonamides is 1. The Bertz CT molecular complexity index is 699. The first-order valence-corrected chi connectivity index (χ1v) is 9.40. The molecule has 0 bridgehead atoms. The van der Waals surface area contributed by atoms with Crippen LogP contribution in [0.1, 0.15) is 20.8 Å². The third-order valence-corrected chi connectivity index (χ3v) is 5.96. The van der Waals surface area contributed by atoms with Gasteiger partial charge in [0.25, 0.3) is 0 Å². The Hall–Kier alpha value is -1.97. The van der Waals surface area contributed by atoms with Crippen molar-refractivity contribution in [1.82, 2.24) is 9.21 Å². The van der Waals surface area contributed by atoms with E-state index in [1.807, 2.05) is 0 Å². The van der Waals surface area contributed by atoms with E-state index in [1.54, 1.807) is 13.8 Å². The van der Waals surface area contributed by atoms with Gasteiger partial charge in [0.2, 0.25) is 15.9 Å². The second-order valence-corrected chi connectivity index (χ2v) is 7.53. The number of aliphatic carboxylic acids is 1. The number of likely N-dealkylation sites (N-methyl/N-ethyl adjacent to an activating group) is 1. The van der Waals surface area contributed by atoms with Gasteiger partial charge in [-0.05, 0) is 38.2 Å². The van der Waals surface area contributed by atoms with Crippen molar-refractivity contribution in [3.8, 4) is 0 Å². The third kappa shape index (κ3) is 5.52. The van der Waals surface area contributed by atoms with Gasteiger partial charge < -0.3 is 10.4 Å². The number of nitrogens with one attached hydrogen (secondary N) is 1. The SMILES string of the molecule is CCN(CC)S(=O)(=O)c1ccc(NC(=O)CN(C)C(C)C(=O)O)cc1. The van der Waals surface area contributed by atoms with E-state index in [-0.39, 0.29) is 17.3 Å². The van der Waals surface area contributed by atoms with Crippen LogP contribution < -0.4 is 5.32 Å². The van der Waals surface area contributed by atoms with E-state index in [4.69, 9.17) is 5.11 Å². The molecule has 0 aliphatic carbocycles. The summed E-state index contributed by atoms with van der Waals surface area (Å²) in [6.07, 6.45) is 0. The van der Waals surface area contributed by atoms with Crippen molar-refractivity contribution in [2.45, 2.75) is 31.7 Å². The predicted octanol–water partition coefficient (Wildman–Crippen LogP) is 1.06. The zero-order valence-corrected chi connectivity index (χ0v) is 15.7. The molecule has 1 aromatic rings. The lowest BCUT2D eigenvalue weighted by molar-refractivity contribution is -0.142. The molecule has 2 N–H and O–H groups in total. The molecular weight excluding hydrogens is 346 g/mol. The summed E-state index contributed by atoms with van der Waals surface area (Å²) in [5.74, 6) is -1.39. The maximum absolute atomic E-state index is 12.4. The molecule has 0 radical (unpaired) electrons. The fraction of sp³-hybridized carbons (Fsp3) is 0.500. The molecule has 0 saturated carbocycles. The number of benzene rings is 1. The molecule has 1 aromatic carbocycles. The first-order valence-electron chi connectivity index (χ1n) is 7.96. The largest absolute Gasteiger partial charge is 0.480 e. The van der Waals surface area contributed by atoms with Gasteiger partial charge >= 0.3 is 5.97 Å². The Kier molecular flexibility index (Phi) is 7.53. The van der Waals surface area contributed by atoms with Gasteiger partial charge in [-0.2, -0.15) is 4.31 Å². The third-order valence-electron chi connectivity index (χ3n) is 3.89. The summed E-state index contributed by atoms with van der Waals surface area (Å²) in [4.78, 5) is 24.4. The Morgan fingerprint density at radius 1 is 1.16 bits per heavy atom. The summed E-state index contributed by atoms with van der Waals surface area (Å²) >= 11 is 0. The number of hydrogen-bond donors (Lipinski definition) is 2. The van der Waals surface area contributed by atoms with Crippen molar-refractivity contribution in [1.29, 1.82) is 0 Å². The van der Waals surface area contributed by atoms with Crippen molar-refractivity contribution >= 4 is 27.6 Å². The molecule has 1 unspecified atom stereocenters. The van der Waals surface area contributed by atoms with Gasteiger partial charge in [-0.3, -0.25) is 14.5 Å². The van der Waals surface area contributed by atoms with E-state index in [9.17, 15) is 18.0 Å². The summed E-state index contributed by atoms with van der Waals surface area (Å²) in [6.45, 7) is 5.70. The predicted molar refractivity (Wildman–Crippen MR) is 94.9 cm³/mol. The Morgan fingerprint density at radius 3 is 2.12 bits per heavy atom. The van der Waals surface area contributed by atoms with E-state index in [0.717, 1.165) is 0 Å². The highest BCUT2D eigenvalue weighted by Gasteiger charge is 2.22. The van der Waals surface area contributed by atoms with Crippen LogP contribution in [0.5, 0.6) is 0 Å². The maximum atomic E-state index is 12.4. The van der Waals surface area contributed by atoms with Gasteiger partial charge in [-0.15, -0.1) is 0 Å². The number of carboxylic acid groups (broad SMARTS) is 1. The Balaban J connectivity index is 2.77. The maximum Gasteiger partial charge on any atom is 0.320 e. The lowest BCUT2D eigenvalue weighted by atomic mass is 10.3. The quantitative estimate of drug-likeness (QED) is 0.672. The van der Waals surface area contributed by atoms with Crippen molar-refractivity contribution in [2.75, 3.05) is 32.0 Å². The molecule has 0 heterocycles. The van der Waals surface area contributed by atoms with Gasteiger partial charge in [0.05, 0.1) is 11.4 Å². The molecule has 8 nitrogen and oxygen atoms in total. The molecule has 9 heteroatoms. The molecule has 140 valence electrons. The zero-order chi connectivity index (χ0) is 19.2. The van der Waals surface area contributed by atoms with Crippen LogP contribution in [0, 0.1) is 0 Å². The van der Waals surface area contributed by atoms with Crippen LogP contribution in [0.4, 0.5) is 5.69 Å². The van der Waals surface area contributed by atoms with Crippen molar-refractivity contribution < 1.29 is 23.1 Å². The number of hydrogen-bond acceptors (Lipinski definition) is 5. The summed E-state index contributed by atoms with van der Waals surface area (Å²) in [5, 5.41) is 11.5. The summed E-state index contributed by atoms with van der Waals surface area (Å²) < 4.78 is 26.1. The minimum atomic E-state index is -3.54. The molecule has 0 aliphatic heterocycles. The van der Waals surface area contributed by atoms with Gasteiger partial charge in [0, 0.05) is 18.8 Å². The van der Waals surface area contributed by atoms with E-state index in [1.165, 1.54) is 47.4 Å². The van der Waals surface area contributed by atoms with Gasteiger partial charge in [0.1, 0.15) is 6.04 Å². The first-order chi connectivity index (χ1) is 11.6. The standard InChI is InChI=1S/C16H25N3O5S/c1-5-19(6-2)25(23,24)14-9-7-13(8-10-14)17-15(20)11-18(4)12(3)16(21)22/h7-10,12H,5-6,11H2,1-4H3,(H,17,20)(H,21,22). The van der Waals surface area contributed by atoms with Crippen LogP contribution in [0.2, 0.25) is 0 Å². The van der Waals surface area contributed by atoms with Crippen LogP contribution >= 0.6 is 0 Å². The van der Waals surface area contributed by atoms with Crippen LogP contribution in [0.15, 0.2) is 29.2 Å². The minimum Gasteiger partial charge on any atom is -0.480 e. The first kappa shape index (κ1) is 21.1. The van der Waals surface area contributed by atoms with Crippen LogP contribution in [0.25, 0.3) is 0 Å². The monoisotopic (exact) mass is 371 g/mol. The molecule has 0 fully saturated rings. The van der Waals surface area contributed by atoms with Gasteiger partial charge in [0.15, 0.2) is 0 Å². The number of amides is 1. The number of anilines is 1. The molecule has 0 aromatic heterocycles. The molecular formula is C16H25N3O5S. The average molecular weight is 371 g/mol. The summed E-state index contributed by atoms with van der Waals surface area (Å²) in [7, 11) is -2.00. The molecule has 0 saturated heterocycles. The van der Waals surface area contributed by atoms with Gasteiger partial charge in [-0.25, -0.2) is 8.42 Å². The summed E-state index contributed by atoms with van der Waals surface area (Å²) in [6, 6.07) is 5.11. The lowest BCUT2D eigenvalue weighted by Gasteiger charge is -2.20. The van der Waals surface area contributed by atoms with Crippen molar-refractivity contribution in [2.24, 2.45) is 0 Å². The number of rotatable bonds is 9. The van der Waals surface area contributed by atoms with E-state index in [2.05, 4.69) is 5.32 Å². The molecule has 0 aliphatic rings. The lowest BCUT2D eigenvalue weighted by Crippen LogP contribution is -2.40. The molecule has 0 spiro atoms. The number of nitrogens with zero attached hydrogens (tertiary/aromatic N) is 2. The molecule has 1 rings (SSSR count). The molecule has 25 heavy (non-hydrogen) atoms. The van der Waals surface area contributed by atoms with E-state index >= 15 is 0 Å². The molecule has 1 atom stereocenters. The summed E-state index contributed by atoms with van der Waals surface area (Å²) in [5.41, 5.74) is 0.444. The minimum absolute atomic E-state index is 0.0903. The smallest absolute Gasteiger partial charge is 0.320 e. The van der Waals surface area contributed by atoms with E-state index in [0.29, 0.717) is 18.8 Å². The topological polar surface area (TPSA) is 107 Å². The average Bonchev–Trinajstić information content (AvgIpc) is 2.55. The Morgan fingerprint density at radius 2 is 1.68 bits per heavy atom. The van der Waals surface area contributed by atoms with Crippen LogP contribution in [-0.4, -0.2) is 67.3 Å². The normalized spacial score (nSPS) is 13.0. The highest BCUT2D eigenvalue weighted by molar-refractivity contribution is 7.89. The van der Waals surface area contributed by atoms with Crippen LogP contribution in [0.3, 0.4) is 0 Å². The van der Waals surface area contributed by atoms with Gasteiger partial charge in [-0.1, -0.05) is 13.8 Å². The number of carbonyl (C=O) groups is 2. The van der Waals surface area contributed by atoms with Crippen molar-refractivity contribution in [3.05, 3.63) is 24.3 Å². The second kappa shape index (κ2) is 8.93. The van der Waals surface area contributed by atoms with Crippen LogP contribution in [-0.2, 0) is 19.6 Å². The fourth-order valence-electron chi connectivity index (χ4n) is 2.18. The fourth-order valence-corrected chi connectivity index (χ4v) is 3.63. The highest BCUT2D eigenvalue weighted by atomic mass is 32.2. The number of carboxylic acids is 1. The molecule has 1 amide bonds. The Labute approximate surface area is 148 Å². The number of carbonyl (C=O) groups excluding carboxylic acids is 1.